The molecule has 114 valence electrons. The Bertz CT molecular complexity index is 472. The molecule has 2 heteroatoms. The third kappa shape index (κ3) is 4.18. The van der Waals surface area contributed by atoms with Gasteiger partial charge in [0.05, 0.1) is 0 Å². The molecule has 1 heterocycles. The van der Waals surface area contributed by atoms with Crippen LogP contribution in [0.5, 0.6) is 0 Å². The van der Waals surface area contributed by atoms with E-state index in [9.17, 15) is 0 Å². The Morgan fingerprint density at radius 2 is 1.76 bits per heavy atom. The predicted octanol–water partition coefficient (Wildman–Crippen LogP) is 3.47. The highest BCUT2D eigenvalue weighted by Crippen LogP contribution is 2.20. The van der Waals surface area contributed by atoms with Gasteiger partial charge < -0.3 is 4.90 Å². The molecule has 2 aliphatic rings. The van der Waals surface area contributed by atoms with Crippen LogP contribution >= 0.6 is 0 Å². The number of hydrogen-bond donors (Lipinski definition) is 0. The van der Waals surface area contributed by atoms with E-state index in [2.05, 4.69) is 53.1 Å². The minimum absolute atomic E-state index is 0.901. The molecule has 1 aromatic rings. The summed E-state index contributed by atoms with van der Waals surface area (Å²) in [5.41, 5.74) is 2.91. The number of rotatable bonds is 4. The Kier molecular flexibility index (Phi) is 5.10. The zero-order chi connectivity index (χ0) is 14.5. The average Bonchev–Trinajstić information content (AvgIpc) is 2.52. The number of benzene rings is 1. The third-order valence-electron chi connectivity index (χ3n) is 5.01. The van der Waals surface area contributed by atoms with Gasteiger partial charge in [-0.15, -0.1) is 0 Å². The van der Waals surface area contributed by atoms with Crippen LogP contribution < -0.4 is 0 Å². The first-order valence-corrected chi connectivity index (χ1v) is 8.45. The fraction of sp³-hybridized carbons (Fsp3) is 0.579. The van der Waals surface area contributed by atoms with Gasteiger partial charge in [0.1, 0.15) is 0 Å². The molecule has 1 aromatic carbocycles. The Balaban J connectivity index is 1.44. The maximum absolute atomic E-state index is 2.68. The Hall–Kier alpha value is -1.12. The lowest BCUT2D eigenvalue weighted by atomic mass is 9.94. The smallest absolute Gasteiger partial charge is 0.0237 e. The van der Waals surface area contributed by atoms with Gasteiger partial charge in [-0.05, 0) is 43.2 Å². The Labute approximate surface area is 129 Å². The molecular weight excluding hydrogens is 256 g/mol. The van der Waals surface area contributed by atoms with Gasteiger partial charge in [0, 0.05) is 39.3 Å². The van der Waals surface area contributed by atoms with E-state index in [0.717, 1.165) is 12.5 Å². The molecule has 1 aliphatic carbocycles. The number of nitrogens with zero attached hydrogens (tertiary/aromatic N) is 2. The second-order valence-corrected chi connectivity index (χ2v) is 6.65. The van der Waals surface area contributed by atoms with Crippen molar-refractivity contribution in [2.24, 2.45) is 5.92 Å². The lowest BCUT2D eigenvalue weighted by Crippen LogP contribution is -2.47. The highest BCUT2D eigenvalue weighted by atomic mass is 15.3. The van der Waals surface area contributed by atoms with Crippen molar-refractivity contribution in [3.05, 3.63) is 47.5 Å². The second-order valence-electron chi connectivity index (χ2n) is 6.65. The standard InChI is InChI=1S/C19H28N2/c1-17-7-5-6-10-19(17)16-21-13-11-20(12-14-21)15-18-8-3-2-4-9-18/h2-3,5-7,10,18H,4,8-9,11-16H2,1H3. The SMILES string of the molecule is Cc1ccccc1CN1CCN(CC2CC=CCC2)CC1. The molecule has 1 saturated heterocycles. The number of allylic oxidation sites excluding steroid dienone is 2. The van der Waals surface area contributed by atoms with E-state index in [1.54, 1.807) is 0 Å². The van der Waals surface area contributed by atoms with Crippen molar-refractivity contribution in [2.45, 2.75) is 32.7 Å². The van der Waals surface area contributed by atoms with E-state index in [1.807, 2.05) is 0 Å². The Morgan fingerprint density at radius 1 is 1.00 bits per heavy atom. The number of piperazine rings is 1. The molecule has 2 nitrogen and oxygen atoms in total. The van der Waals surface area contributed by atoms with Crippen LogP contribution in [0, 0.1) is 12.8 Å². The van der Waals surface area contributed by atoms with Crippen LogP contribution in [0.3, 0.4) is 0 Å². The van der Waals surface area contributed by atoms with Gasteiger partial charge in [-0.1, -0.05) is 36.4 Å². The summed E-state index contributed by atoms with van der Waals surface area (Å²) in [6.07, 6.45) is 8.69. The van der Waals surface area contributed by atoms with E-state index in [1.165, 1.54) is 63.1 Å². The first-order valence-electron chi connectivity index (χ1n) is 8.45. The monoisotopic (exact) mass is 284 g/mol. The van der Waals surface area contributed by atoms with E-state index in [4.69, 9.17) is 0 Å². The molecule has 0 spiro atoms. The van der Waals surface area contributed by atoms with Crippen LogP contribution in [-0.4, -0.2) is 42.5 Å². The normalized spacial score (nSPS) is 24.3. The zero-order valence-corrected chi connectivity index (χ0v) is 13.3. The van der Waals surface area contributed by atoms with Crippen molar-refractivity contribution in [1.82, 2.24) is 9.80 Å². The minimum atomic E-state index is 0.901. The van der Waals surface area contributed by atoms with Gasteiger partial charge >= 0.3 is 0 Å². The molecule has 1 fully saturated rings. The highest BCUT2D eigenvalue weighted by molar-refractivity contribution is 5.25. The zero-order valence-electron chi connectivity index (χ0n) is 13.3. The average molecular weight is 284 g/mol. The van der Waals surface area contributed by atoms with Gasteiger partial charge in [0.2, 0.25) is 0 Å². The van der Waals surface area contributed by atoms with E-state index in [-0.39, 0.29) is 0 Å². The van der Waals surface area contributed by atoms with Crippen molar-refractivity contribution in [3.8, 4) is 0 Å². The summed E-state index contributed by atoms with van der Waals surface area (Å²) in [6, 6.07) is 8.79. The van der Waals surface area contributed by atoms with E-state index < -0.39 is 0 Å². The van der Waals surface area contributed by atoms with E-state index >= 15 is 0 Å². The van der Waals surface area contributed by atoms with Crippen molar-refractivity contribution in [2.75, 3.05) is 32.7 Å². The molecule has 3 rings (SSSR count). The molecule has 0 radical (unpaired) electrons. The summed E-state index contributed by atoms with van der Waals surface area (Å²) < 4.78 is 0. The van der Waals surface area contributed by atoms with Gasteiger partial charge in [-0.3, -0.25) is 4.90 Å². The molecule has 0 N–H and O–H groups in total. The fourth-order valence-corrected chi connectivity index (χ4v) is 3.55. The van der Waals surface area contributed by atoms with Crippen molar-refractivity contribution < 1.29 is 0 Å². The largest absolute Gasteiger partial charge is 0.301 e. The summed E-state index contributed by atoms with van der Waals surface area (Å²) in [4.78, 5) is 5.29. The minimum Gasteiger partial charge on any atom is -0.301 e. The molecular formula is C19H28N2. The van der Waals surface area contributed by atoms with Crippen LogP contribution in [0.15, 0.2) is 36.4 Å². The van der Waals surface area contributed by atoms with Gasteiger partial charge in [-0.25, -0.2) is 0 Å². The number of hydrogen-bond acceptors (Lipinski definition) is 2. The molecule has 1 aliphatic heterocycles. The molecule has 0 aromatic heterocycles. The molecule has 0 saturated carbocycles. The van der Waals surface area contributed by atoms with Crippen LogP contribution in [-0.2, 0) is 6.54 Å². The van der Waals surface area contributed by atoms with Crippen molar-refractivity contribution in [1.29, 1.82) is 0 Å². The van der Waals surface area contributed by atoms with Gasteiger partial charge in [-0.2, -0.15) is 0 Å². The fourth-order valence-electron chi connectivity index (χ4n) is 3.55. The van der Waals surface area contributed by atoms with Crippen LogP contribution in [0.2, 0.25) is 0 Å². The maximum atomic E-state index is 2.68. The topological polar surface area (TPSA) is 6.48 Å². The summed E-state index contributed by atoms with van der Waals surface area (Å²) in [7, 11) is 0. The van der Waals surface area contributed by atoms with Crippen LogP contribution in [0.25, 0.3) is 0 Å². The third-order valence-corrected chi connectivity index (χ3v) is 5.01. The first-order chi connectivity index (χ1) is 10.3. The summed E-state index contributed by atoms with van der Waals surface area (Å²) in [6.45, 7) is 9.57. The summed E-state index contributed by atoms with van der Waals surface area (Å²) in [5.74, 6) is 0.901. The molecule has 21 heavy (non-hydrogen) atoms. The van der Waals surface area contributed by atoms with Crippen LogP contribution in [0.1, 0.15) is 30.4 Å². The van der Waals surface area contributed by atoms with E-state index in [0.29, 0.717) is 0 Å². The van der Waals surface area contributed by atoms with Gasteiger partial charge in [0.15, 0.2) is 0 Å². The number of aryl methyl sites for hydroxylation is 1. The quantitative estimate of drug-likeness (QED) is 0.781. The lowest BCUT2D eigenvalue weighted by Gasteiger charge is -2.37. The molecule has 0 amide bonds. The van der Waals surface area contributed by atoms with Crippen LogP contribution in [0.4, 0.5) is 0 Å². The van der Waals surface area contributed by atoms with Crippen molar-refractivity contribution >= 4 is 0 Å². The van der Waals surface area contributed by atoms with Crippen molar-refractivity contribution in [3.63, 3.8) is 0 Å². The maximum Gasteiger partial charge on any atom is 0.0237 e. The predicted molar refractivity (Wildman–Crippen MR) is 89.4 cm³/mol. The van der Waals surface area contributed by atoms with Gasteiger partial charge in [0.25, 0.3) is 0 Å². The molecule has 1 atom stereocenters. The lowest BCUT2D eigenvalue weighted by molar-refractivity contribution is 0.111. The molecule has 1 unspecified atom stereocenters. The Morgan fingerprint density at radius 3 is 2.48 bits per heavy atom. The summed E-state index contributed by atoms with van der Waals surface area (Å²) >= 11 is 0. The molecule has 0 bridgehead atoms. The summed E-state index contributed by atoms with van der Waals surface area (Å²) in [5, 5.41) is 0. The first kappa shape index (κ1) is 14.8. The second kappa shape index (κ2) is 7.24. The highest BCUT2D eigenvalue weighted by Gasteiger charge is 2.20.